The summed E-state index contributed by atoms with van der Waals surface area (Å²) in [4.78, 5) is 16.1. The van der Waals surface area contributed by atoms with E-state index in [-0.39, 0.29) is 11.9 Å². The van der Waals surface area contributed by atoms with Crippen LogP contribution in [0, 0.1) is 5.82 Å². The average molecular weight is 362 g/mol. The van der Waals surface area contributed by atoms with E-state index in [2.05, 4.69) is 32.5 Å². The van der Waals surface area contributed by atoms with Gasteiger partial charge in [0.15, 0.2) is 17.6 Å². The van der Waals surface area contributed by atoms with Gasteiger partial charge in [0.25, 0.3) is 0 Å². The first-order valence-electron chi connectivity index (χ1n) is 8.45. The largest absolute Gasteiger partial charge is 0.352 e. The van der Waals surface area contributed by atoms with Crippen LogP contribution in [0.1, 0.15) is 23.2 Å². The molecule has 0 spiro atoms. The molecule has 3 rings (SSSR count). The molecule has 25 heavy (non-hydrogen) atoms. The van der Waals surface area contributed by atoms with Gasteiger partial charge in [0.05, 0.1) is 6.54 Å². The third-order valence-electron chi connectivity index (χ3n) is 4.15. The Hall–Kier alpha value is -2.22. The number of anilines is 1. The van der Waals surface area contributed by atoms with Crippen molar-refractivity contribution in [3.05, 3.63) is 40.2 Å². The highest BCUT2D eigenvalue weighted by atomic mass is 32.1. The molecular weight excluding hydrogens is 339 g/mol. The topological polar surface area (TPSA) is 65.4 Å². The predicted molar refractivity (Wildman–Crippen MR) is 99.6 cm³/mol. The van der Waals surface area contributed by atoms with E-state index in [0.29, 0.717) is 18.9 Å². The second kappa shape index (κ2) is 8.24. The fourth-order valence-electron chi connectivity index (χ4n) is 2.82. The molecule has 1 aliphatic rings. The molecular formula is C17H23FN6S. The highest BCUT2D eigenvalue weighted by Crippen LogP contribution is 2.20. The lowest BCUT2D eigenvalue weighted by Gasteiger charge is -2.19. The Morgan fingerprint density at radius 3 is 3.08 bits per heavy atom. The zero-order valence-electron chi connectivity index (χ0n) is 14.5. The van der Waals surface area contributed by atoms with E-state index >= 15 is 0 Å². The second-order valence-corrected chi connectivity index (χ2v) is 7.08. The highest BCUT2D eigenvalue weighted by molar-refractivity contribution is 7.11. The molecule has 1 unspecified atom stereocenters. The van der Waals surface area contributed by atoms with Gasteiger partial charge in [-0.25, -0.2) is 14.4 Å². The first-order chi connectivity index (χ1) is 12.2. The van der Waals surface area contributed by atoms with Gasteiger partial charge in [-0.3, -0.25) is 4.99 Å². The Kier molecular flexibility index (Phi) is 5.80. The summed E-state index contributed by atoms with van der Waals surface area (Å²) in [7, 11) is 1.75. The van der Waals surface area contributed by atoms with Gasteiger partial charge in [0.2, 0.25) is 0 Å². The Labute approximate surface area is 151 Å². The molecule has 2 aromatic heterocycles. The number of nitrogens with zero attached hydrogens (tertiary/aromatic N) is 4. The van der Waals surface area contributed by atoms with Gasteiger partial charge in [-0.05, 0) is 25.0 Å². The van der Waals surface area contributed by atoms with E-state index in [1.165, 1.54) is 10.9 Å². The van der Waals surface area contributed by atoms with Gasteiger partial charge >= 0.3 is 0 Å². The molecule has 3 heterocycles. The fourth-order valence-corrected chi connectivity index (χ4v) is 3.62. The van der Waals surface area contributed by atoms with Gasteiger partial charge in [-0.1, -0.05) is 6.92 Å². The van der Waals surface area contributed by atoms with Crippen LogP contribution >= 0.6 is 11.3 Å². The number of pyridine rings is 1. The van der Waals surface area contributed by atoms with E-state index < -0.39 is 0 Å². The van der Waals surface area contributed by atoms with E-state index in [0.717, 1.165) is 30.4 Å². The molecule has 2 N–H and O–H groups in total. The normalized spacial score (nSPS) is 17.8. The van der Waals surface area contributed by atoms with Gasteiger partial charge in [-0.15, -0.1) is 11.3 Å². The van der Waals surface area contributed by atoms with Crippen LogP contribution in [0.2, 0.25) is 0 Å². The maximum absolute atomic E-state index is 13.9. The highest BCUT2D eigenvalue weighted by Gasteiger charge is 2.25. The molecule has 0 amide bonds. The van der Waals surface area contributed by atoms with Crippen LogP contribution < -0.4 is 15.5 Å². The first kappa shape index (κ1) is 17.6. The Bertz CT molecular complexity index is 731. The number of guanidine groups is 1. The molecule has 1 atom stereocenters. The zero-order valence-corrected chi connectivity index (χ0v) is 15.3. The van der Waals surface area contributed by atoms with Crippen LogP contribution in [0.4, 0.5) is 10.2 Å². The zero-order chi connectivity index (χ0) is 17.6. The van der Waals surface area contributed by atoms with E-state index in [9.17, 15) is 4.39 Å². The van der Waals surface area contributed by atoms with Gasteiger partial charge < -0.3 is 15.5 Å². The molecule has 1 fully saturated rings. The maximum atomic E-state index is 13.9. The van der Waals surface area contributed by atoms with Crippen LogP contribution in [0.15, 0.2) is 29.5 Å². The van der Waals surface area contributed by atoms with Crippen LogP contribution in [-0.2, 0) is 13.0 Å². The monoisotopic (exact) mass is 362 g/mol. The summed E-state index contributed by atoms with van der Waals surface area (Å²) < 4.78 is 13.9. The van der Waals surface area contributed by atoms with Crippen molar-refractivity contribution in [2.24, 2.45) is 4.99 Å². The number of aryl methyl sites for hydroxylation is 1. The van der Waals surface area contributed by atoms with E-state index in [1.54, 1.807) is 30.6 Å². The van der Waals surface area contributed by atoms with Crippen LogP contribution in [-0.4, -0.2) is 42.1 Å². The number of halogens is 1. The predicted octanol–water partition coefficient (Wildman–Crippen LogP) is 2.18. The Morgan fingerprint density at radius 2 is 2.36 bits per heavy atom. The third-order valence-corrected chi connectivity index (χ3v) is 5.29. The van der Waals surface area contributed by atoms with Crippen molar-refractivity contribution in [1.82, 2.24) is 20.6 Å². The SMILES string of the molecule is CCc1cnc(CNC(=NC)NC2CCN(c3ncccc3F)C2)s1. The minimum atomic E-state index is -0.277. The van der Waals surface area contributed by atoms with Crippen molar-refractivity contribution in [3.8, 4) is 0 Å². The second-order valence-electron chi connectivity index (χ2n) is 5.88. The van der Waals surface area contributed by atoms with Crippen molar-refractivity contribution in [3.63, 3.8) is 0 Å². The number of aromatic nitrogens is 2. The van der Waals surface area contributed by atoms with Crippen molar-refractivity contribution in [1.29, 1.82) is 0 Å². The van der Waals surface area contributed by atoms with Crippen molar-refractivity contribution in [2.75, 3.05) is 25.0 Å². The number of hydrogen-bond acceptors (Lipinski definition) is 5. The van der Waals surface area contributed by atoms with Crippen molar-refractivity contribution < 1.29 is 4.39 Å². The molecule has 2 aromatic rings. The minimum absolute atomic E-state index is 0.204. The summed E-state index contributed by atoms with van der Waals surface area (Å²) in [5, 5.41) is 7.74. The molecule has 0 bridgehead atoms. The molecule has 0 aliphatic carbocycles. The summed E-state index contributed by atoms with van der Waals surface area (Å²) in [6.07, 6.45) is 5.47. The maximum Gasteiger partial charge on any atom is 0.191 e. The van der Waals surface area contributed by atoms with Gasteiger partial charge in [-0.2, -0.15) is 0 Å². The van der Waals surface area contributed by atoms with E-state index in [1.807, 2.05) is 11.1 Å². The fraction of sp³-hybridized carbons (Fsp3) is 0.471. The smallest absolute Gasteiger partial charge is 0.191 e. The summed E-state index contributed by atoms with van der Waals surface area (Å²) >= 11 is 1.71. The lowest BCUT2D eigenvalue weighted by Crippen LogP contribution is -2.44. The standard InChI is InChI=1S/C17H23FN6S/c1-3-13-9-21-15(25-13)10-22-17(19-2)23-12-6-8-24(11-12)16-14(18)5-4-7-20-16/h4-5,7,9,12H,3,6,8,10-11H2,1-2H3,(H2,19,22,23). The molecule has 1 saturated heterocycles. The number of nitrogens with one attached hydrogen (secondary N) is 2. The number of rotatable bonds is 5. The molecule has 0 saturated carbocycles. The van der Waals surface area contributed by atoms with Crippen molar-refractivity contribution >= 4 is 23.1 Å². The number of hydrogen-bond donors (Lipinski definition) is 2. The van der Waals surface area contributed by atoms with E-state index in [4.69, 9.17) is 0 Å². The van der Waals surface area contributed by atoms with Crippen LogP contribution in [0.25, 0.3) is 0 Å². The van der Waals surface area contributed by atoms with Crippen LogP contribution in [0.5, 0.6) is 0 Å². The average Bonchev–Trinajstić information content (AvgIpc) is 3.28. The Balaban J connectivity index is 1.52. The first-order valence-corrected chi connectivity index (χ1v) is 9.27. The summed E-state index contributed by atoms with van der Waals surface area (Å²) in [5.74, 6) is 0.882. The van der Waals surface area contributed by atoms with Gasteiger partial charge in [0.1, 0.15) is 5.01 Å². The summed E-state index contributed by atoms with van der Waals surface area (Å²) in [6.45, 7) is 4.25. The number of thiazole rings is 1. The minimum Gasteiger partial charge on any atom is -0.352 e. The van der Waals surface area contributed by atoms with Gasteiger partial charge in [0, 0.05) is 43.4 Å². The molecule has 8 heteroatoms. The lowest BCUT2D eigenvalue weighted by atomic mass is 10.3. The Morgan fingerprint density at radius 1 is 1.48 bits per heavy atom. The third kappa shape index (κ3) is 4.45. The number of aliphatic imine (C=N–C) groups is 1. The summed E-state index contributed by atoms with van der Waals surface area (Å²) in [5.41, 5.74) is 0. The molecule has 1 aliphatic heterocycles. The molecule has 6 nitrogen and oxygen atoms in total. The van der Waals surface area contributed by atoms with Crippen LogP contribution in [0.3, 0.4) is 0 Å². The summed E-state index contributed by atoms with van der Waals surface area (Å²) in [6, 6.07) is 3.26. The molecule has 134 valence electrons. The van der Waals surface area contributed by atoms with Crippen molar-refractivity contribution in [2.45, 2.75) is 32.4 Å². The lowest BCUT2D eigenvalue weighted by molar-refractivity contribution is 0.612. The molecule has 0 aromatic carbocycles. The quantitative estimate of drug-likeness (QED) is 0.630. The molecule has 0 radical (unpaired) electrons.